The zero-order chi connectivity index (χ0) is 24.1. The first-order valence-corrected chi connectivity index (χ1v) is 12.3. The highest BCUT2D eigenvalue weighted by Gasteiger charge is 2.35. The summed E-state index contributed by atoms with van der Waals surface area (Å²) in [6.45, 7) is 2.75. The molecule has 1 aliphatic heterocycles. The molecule has 0 aliphatic carbocycles. The fraction of sp³-hybridized carbons (Fsp3) is 0.250. The van der Waals surface area contributed by atoms with Gasteiger partial charge in [-0.05, 0) is 67.6 Å². The van der Waals surface area contributed by atoms with Crippen LogP contribution in [0, 0.1) is 5.92 Å². The zero-order valence-electron chi connectivity index (χ0n) is 18.6. The Morgan fingerprint density at radius 3 is 2.50 bits per heavy atom. The summed E-state index contributed by atoms with van der Waals surface area (Å²) in [5.41, 5.74) is 1.15. The van der Waals surface area contributed by atoms with Crippen LogP contribution in [0.5, 0.6) is 5.75 Å². The second-order valence-electron chi connectivity index (χ2n) is 7.75. The van der Waals surface area contributed by atoms with Crippen molar-refractivity contribution in [2.45, 2.75) is 24.8 Å². The lowest BCUT2D eigenvalue weighted by Crippen LogP contribution is -2.28. The summed E-state index contributed by atoms with van der Waals surface area (Å²) >= 11 is 0. The Hall–Kier alpha value is -3.63. The van der Waals surface area contributed by atoms with E-state index in [9.17, 15) is 18.0 Å². The van der Waals surface area contributed by atoms with E-state index in [0.29, 0.717) is 29.5 Å². The van der Waals surface area contributed by atoms with Gasteiger partial charge in [0.25, 0.3) is 0 Å². The molecule has 178 valence electrons. The van der Waals surface area contributed by atoms with Crippen LogP contribution >= 0.6 is 0 Å². The van der Waals surface area contributed by atoms with Crippen molar-refractivity contribution in [2.75, 3.05) is 23.4 Å². The van der Waals surface area contributed by atoms with Crippen molar-refractivity contribution in [2.24, 2.45) is 5.92 Å². The number of nitrogens with zero attached hydrogens (tertiary/aromatic N) is 1. The van der Waals surface area contributed by atoms with Gasteiger partial charge in [0.2, 0.25) is 21.8 Å². The lowest BCUT2D eigenvalue weighted by Gasteiger charge is -2.17. The maximum atomic E-state index is 12.7. The number of nitrogens with one attached hydrogen (secondary N) is 2. The van der Waals surface area contributed by atoms with E-state index in [-0.39, 0.29) is 36.2 Å². The lowest BCUT2D eigenvalue weighted by molar-refractivity contribution is -0.122. The Morgan fingerprint density at radius 1 is 1.12 bits per heavy atom. The molecule has 0 bridgehead atoms. The Morgan fingerprint density at radius 2 is 1.85 bits per heavy atom. The number of carbonyl (C=O) groups is 2. The Labute approximate surface area is 197 Å². The smallest absolute Gasteiger partial charge is 0.240 e. The van der Waals surface area contributed by atoms with Crippen LogP contribution in [0.1, 0.15) is 19.1 Å². The van der Waals surface area contributed by atoms with Gasteiger partial charge in [-0.25, -0.2) is 13.1 Å². The van der Waals surface area contributed by atoms with Crippen molar-refractivity contribution < 1.29 is 27.2 Å². The molecule has 9 nitrogen and oxygen atoms in total. The van der Waals surface area contributed by atoms with Crippen molar-refractivity contribution in [3.63, 3.8) is 0 Å². The largest absolute Gasteiger partial charge is 0.494 e. The molecule has 2 amide bonds. The van der Waals surface area contributed by atoms with Gasteiger partial charge in [-0.2, -0.15) is 0 Å². The van der Waals surface area contributed by atoms with Gasteiger partial charge in [0, 0.05) is 24.3 Å². The van der Waals surface area contributed by atoms with Gasteiger partial charge in [0.1, 0.15) is 11.5 Å². The molecular weight excluding hydrogens is 458 g/mol. The van der Waals surface area contributed by atoms with Crippen LogP contribution in [0.15, 0.2) is 76.2 Å². The minimum Gasteiger partial charge on any atom is -0.494 e. The molecule has 0 radical (unpaired) electrons. The first-order valence-electron chi connectivity index (χ1n) is 10.8. The quantitative estimate of drug-likeness (QED) is 0.483. The highest BCUT2D eigenvalue weighted by molar-refractivity contribution is 7.89. The number of furan rings is 1. The average Bonchev–Trinajstić information content (AvgIpc) is 3.49. The molecule has 1 aliphatic rings. The van der Waals surface area contributed by atoms with E-state index in [1.54, 1.807) is 41.3 Å². The lowest BCUT2D eigenvalue weighted by atomic mass is 10.1. The van der Waals surface area contributed by atoms with Crippen LogP contribution in [0.3, 0.4) is 0 Å². The van der Waals surface area contributed by atoms with Gasteiger partial charge >= 0.3 is 0 Å². The van der Waals surface area contributed by atoms with Gasteiger partial charge in [-0.3, -0.25) is 9.59 Å². The van der Waals surface area contributed by atoms with Crippen molar-refractivity contribution >= 4 is 33.2 Å². The van der Waals surface area contributed by atoms with Crippen molar-refractivity contribution in [3.8, 4) is 5.75 Å². The minimum atomic E-state index is -3.73. The van der Waals surface area contributed by atoms with Crippen LogP contribution in [0.4, 0.5) is 11.4 Å². The first kappa shape index (κ1) is 23.5. The molecule has 1 atom stereocenters. The topological polar surface area (TPSA) is 118 Å². The first-order chi connectivity index (χ1) is 16.4. The van der Waals surface area contributed by atoms with E-state index >= 15 is 0 Å². The molecule has 0 saturated carbocycles. The summed E-state index contributed by atoms with van der Waals surface area (Å²) in [4.78, 5) is 26.9. The van der Waals surface area contributed by atoms with E-state index in [0.717, 1.165) is 0 Å². The number of sulfonamides is 1. The van der Waals surface area contributed by atoms with Crippen molar-refractivity contribution in [1.29, 1.82) is 0 Å². The molecule has 2 heterocycles. The van der Waals surface area contributed by atoms with E-state index < -0.39 is 15.9 Å². The molecule has 1 saturated heterocycles. The number of carbonyl (C=O) groups excluding carboxylic acids is 2. The molecule has 2 aromatic carbocycles. The van der Waals surface area contributed by atoms with Crippen molar-refractivity contribution in [3.05, 3.63) is 72.7 Å². The second kappa shape index (κ2) is 10.1. The third kappa shape index (κ3) is 5.46. The zero-order valence-corrected chi connectivity index (χ0v) is 19.4. The van der Waals surface area contributed by atoms with Gasteiger partial charge < -0.3 is 19.4 Å². The maximum absolute atomic E-state index is 12.7. The number of ether oxygens (including phenoxy) is 1. The third-order valence-corrected chi connectivity index (χ3v) is 6.82. The molecule has 10 heteroatoms. The fourth-order valence-corrected chi connectivity index (χ4v) is 4.64. The summed E-state index contributed by atoms with van der Waals surface area (Å²) in [7, 11) is -3.73. The average molecular weight is 484 g/mol. The molecule has 1 unspecified atom stereocenters. The summed E-state index contributed by atoms with van der Waals surface area (Å²) in [6, 6.07) is 16.4. The van der Waals surface area contributed by atoms with Crippen LogP contribution in [-0.4, -0.2) is 33.4 Å². The van der Waals surface area contributed by atoms with E-state index in [2.05, 4.69) is 10.0 Å². The van der Waals surface area contributed by atoms with Crippen molar-refractivity contribution in [1.82, 2.24) is 4.72 Å². The number of rotatable bonds is 9. The van der Waals surface area contributed by atoms with Crippen LogP contribution < -0.4 is 19.7 Å². The summed E-state index contributed by atoms with van der Waals surface area (Å²) < 4.78 is 37.9. The molecule has 2 N–H and O–H groups in total. The molecule has 4 rings (SSSR count). The molecule has 1 aromatic heterocycles. The Bertz CT molecular complexity index is 1240. The van der Waals surface area contributed by atoms with E-state index in [1.807, 2.05) is 6.92 Å². The predicted octanol–water partition coefficient (Wildman–Crippen LogP) is 3.15. The maximum Gasteiger partial charge on any atom is 0.240 e. The fourth-order valence-electron chi connectivity index (χ4n) is 3.65. The summed E-state index contributed by atoms with van der Waals surface area (Å²) in [5, 5.41) is 2.77. The van der Waals surface area contributed by atoms with Gasteiger partial charge in [-0.15, -0.1) is 0 Å². The normalized spacial score (nSPS) is 16.0. The van der Waals surface area contributed by atoms with Crippen LogP contribution in [0.2, 0.25) is 0 Å². The standard InChI is InChI=1S/C24H25N3O6S/c1-2-32-20-9-7-19(8-10-20)27-16-17(14-23(27)28)24(29)26-18-5-11-22(12-6-18)34(30,31)25-15-21-4-3-13-33-21/h3-13,17,25H,2,14-16H2,1H3,(H,26,29). The van der Waals surface area contributed by atoms with Gasteiger partial charge in [-0.1, -0.05) is 0 Å². The number of anilines is 2. The molecular formula is C24H25N3O6S. The van der Waals surface area contributed by atoms with E-state index in [4.69, 9.17) is 9.15 Å². The number of benzene rings is 2. The van der Waals surface area contributed by atoms with Crippen LogP contribution in [-0.2, 0) is 26.2 Å². The second-order valence-corrected chi connectivity index (χ2v) is 9.52. The number of amides is 2. The number of hydrogen-bond acceptors (Lipinski definition) is 6. The van der Waals surface area contributed by atoms with E-state index in [1.165, 1.54) is 30.5 Å². The van der Waals surface area contributed by atoms with Crippen LogP contribution in [0.25, 0.3) is 0 Å². The molecule has 1 fully saturated rings. The predicted molar refractivity (Wildman–Crippen MR) is 126 cm³/mol. The molecule has 3 aromatic rings. The number of hydrogen-bond donors (Lipinski definition) is 2. The summed E-state index contributed by atoms with van der Waals surface area (Å²) in [5.74, 6) is 0.269. The Balaban J connectivity index is 1.35. The summed E-state index contributed by atoms with van der Waals surface area (Å²) in [6.07, 6.45) is 1.57. The SMILES string of the molecule is CCOc1ccc(N2CC(C(=O)Nc3ccc(S(=O)(=O)NCc4ccco4)cc3)CC2=O)cc1. The Kier molecular flexibility index (Phi) is 6.99. The third-order valence-electron chi connectivity index (χ3n) is 5.40. The molecule has 34 heavy (non-hydrogen) atoms. The highest BCUT2D eigenvalue weighted by Crippen LogP contribution is 2.28. The minimum absolute atomic E-state index is 0.0361. The molecule has 0 spiro atoms. The highest BCUT2D eigenvalue weighted by atomic mass is 32.2. The van der Waals surface area contributed by atoms with Gasteiger partial charge in [0.05, 0.1) is 30.2 Å². The van der Waals surface area contributed by atoms with Gasteiger partial charge in [0.15, 0.2) is 0 Å². The monoisotopic (exact) mass is 483 g/mol.